The van der Waals surface area contributed by atoms with Crippen LogP contribution in [0.1, 0.15) is 41.0 Å². The van der Waals surface area contributed by atoms with Crippen LogP contribution in [0.2, 0.25) is 0 Å². The molecule has 6 nitrogen and oxygen atoms in total. The molecule has 0 N–H and O–H groups in total. The molecule has 1 heterocycles. The molecule has 0 atom stereocenters. The molecule has 0 unspecified atom stereocenters. The van der Waals surface area contributed by atoms with Crippen LogP contribution in [0, 0.1) is 11.7 Å². The molecular formula is C24H29FN2O4. The number of benzene rings is 2. The van der Waals surface area contributed by atoms with Crippen LogP contribution in [0.15, 0.2) is 42.5 Å². The van der Waals surface area contributed by atoms with E-state index in [0.29, 0.717) is 62.2 Å². The third-order valence-corrected chi connectivity index (χ3v) is 5.16. The average Bonchev–Trinajstić information content (AvgIpc) is 3.03. The lowest BCUT2D eigenvalue weighted by molar-refractivity contribution is 0.0716. The topological polar surface area (TPSA) is 59.1 Å². The van der Waals surface area contributed by atoms with Crippen molar-refractivity contribution in [2.45, 2.75) is 20.3 Å². The molecule has 2 amide bonds. The van der Waals surface area contributed by atoms with E-state index in [-0.39, 0.29) is 17.4 Å². The normalized spacial score (nSPS) is 14.4. The molecule has 1 fully saturated rings. The molecular weight excluding hydrogens is 399 g/mol. The Bertz CT molecular complexity index is 932. The minimum absolute atomic E-state index is 0.0593. The number of rotatable bonds is 6. The van der Waals surface area contributed by atoms with Gasteiger partial charge in [-0.15, -0.1) is 0 Å². The van der Waals surface area contributed by atoms with E-state index in [2.05, 4.69) is 13.8 Å². The van der Waals surface area contributed by atoms with Crippen LogP contribution < -0.4 is 9.47 Å². The third-order valence-electron chi connectivity index (χ3n) is 5.16. The molecule has 0 spiro atoms. The third kappa shape index (κ3) is 5.54. The van der Waals surface area contributed by atoms with Crippen molar-refractivity contribution in [3.8, 4) is 11.5 Å². The van der Waals surface area contributed by atoms with Crippen LogP contribution in [0.3, 0.4) is 0 Å². The number of carbonyl (C=O) groups excluding carboxylic acids is 2. The Morgan fingerprint density at radius 2 is 1.65 bits per heavy atom. The van der Waals surface area contributed by atoms with E-state index in [1.165, 1.54) is 12.1 Å². The van der Waals surface area contributed by atoms with E-state index in [4.69, 9.17) is 9.47 Å². The largest absolute Gasteiger partial charge is 0.493 e. The number of ether oxygens (including phenoxy) is 2. The lowest BCUT2D eigenvalue weighted by Gasteiger charge is -2.23. The first-order valence-electron chi connectivity index (χ1n) is 10.5. The predicted molar refractivity (Wildman–Crippen MR) is 116 cm³/mol. The van der Waals surface area contributed by atoms with Crippen LogP contribution in [-0.4, -0.2) is 61.5 Å². The standard InChI is InChI=1S/C24H29FN2O4/c1-17(2)16-31-21-10-9-18(15-22(21)30-3)23(28)26-11-6-12-27(14-13-26)24(29)19-7-4-5-8-20(19)25/h4-5,7-10,15,17H,6,11-14,16H2,1-3H3. The van der Waals surface area contributed by atoms with Gasteiger partial charge in [-0.3, -0.25) is 9.59 Å². The molecule has 7 heteroatoms. The van der Waals surface area contributed by atoms with Gasteiger partial charge < -0.3 is 19.3 Å². The zero-order valence-electron chi connectivity index (χ0n) is 18.3. The summed E-state index contributed by atoms with van der Waals surface area (Å²) >= 11 is 0. The van der Waals surface area contributed by atoms with E-state index >= 15 is 0 Å². The predicted octanol–water partition coefficient (Wildman–Crippen LogP) is 3.86. The highest BCUT2D eigenvalue weighted by Crippen LogP contribution is 2.29. The highest BCUT2D eigenvalue weighted by molar-refractivity contribution is 5.96. The monoisotopic (exact) mass is 428 g/mol. The van der Waals surface area contributed by atoms with Crippen molar-refractivity contribution in [2.75, 3.05) is 39.9 Å². The summed E-state index contributed by atoms with van der Waals surface area (Å²) in [6.45, 7) is 6.41. The number of nitrogens with zero attached hydrogens (tertiary/aromatic N) is 2. The lowest BCUT2D eigenvalue weighted by atomic mass is 10.1. The summed E-state index contributed by atoms with van der Waals surface area (Å²) in [5.41, 5.74) is 0.562. The number of carbonyl (C=O) groups is 2. The second kappa shape index (κ2) is 10.3. The Morgan fingerprint density at radius 3 is 2.29 bits per heavy atom. The molecule has 0 aliphatic carbocycles. The van der Waals surface area contributed by atoms with Gasteiger partial charge in [0.2, 0.25) is 0 Å². The van der Waals surface area contributed by atoms with Crippen molar-refractivity contribution in [3.63, 3.8) is 0 Å². The van der Waals surface area contributed by atoms with Gasteiger partial charge in [0, 0.05) is 31.7 Å². The highest BCUT2D eigenvalue weighted by atomic mass is 19.1. The van der Waals surface area contributed by atoms with Crippen LogP contribution in [-0.2, 0) is 0 Å². The Labute approximate surface area is 182 Å². The van der Waals surface area contributed by atoms with Gasteiger partial charge in [-0.25, -0.2) is 4.39 Å². The molecule has 0 bridgehead atoms. The highest BCUT2D eigenvalue weighted by Gasteiger charge is 2.25. The first-order valence-corrected chi connectivity index (χ1v) is 10.5. The fourth-order valence-electron chi connectivity index (χ4n) is 3.49. The van der Waals surface area contributed by atoms with Gasteiger partial charge in [0.25, 0.3) is 11.8 Å². The van der Waals surface area contributed by atoms with Gasteiger partial charge in [0.05, 0.1) is 19.3 Å². The van der Waals surface area contributed by atoms with Crippen molar-refractivity contribution in [3.05, 3.63) is 59.4 Å². The van der Waals surface area contributed by atoms with Gasteiger partial charge in [-0.2, -0.15) is 0 Å². The second-order valence-electron chi connectivity index (χ2n) is 7.99. The lowest BCUT2D eigenvalue weighted by Crippen LogP contribution is -2.37. The summed E-state index contributed by atoms with van der Waals surface area (Å²) in [6.07, 6.45) is 0.624. The maximum atomic E-state index is 14.0. The number of hydrogen-bond acceptors (Lipinski definition) is 4. The smallest absolute Gasteiger partial charge is 0.256 e. The van der Waals surface area contributed by atoms with Crippen molar-refractivity contribution in [1.29, 1.82) is 0 Å². The van der Waals surface area contributed by atoms with Crippen molar-refractivity contribution < 1.29 is 23.5 Å². The van der Waals surface area contributed by atoms with Crippen LogP contribution in [0.25, 0.3) is 0 Å². The molecule has 31 heavy (non-hydrogen) atoms. The van der Waals surface area contributed by atoms with Crippen molar-refractivity contribution in [2.24, 2.45) is 5.92 Å². The molecule has 0 radical (unpaired) electrons. The minimum Gasteiger partial charge on any atom is -0.493 e. The first kappa shape index (κ1) is 22.6. The molecule has 0 saturated carbocycles. The summed E-state index contributed by atoms with van der Waals surface area (Å²) in [6, 6.07) is 11.1. The first-order chi connectivity index (χ1) is 14.9. The summed E-state index contributed by atoms with van der Waals surface area (Å²) < 4.78 is 25.2. The van der Waals surface area contributed by atoms with Crippen LogP contribution >= 0.6 is 0 Å². The van der Waals surface area contributed by atoms with Gasteiger partial charge in [0.1, 0.15) is 5.82 Å². The SMILES string of the molecule is COc1cc(C(=O)N2CCCN(C(=O)c3ccccc3F)CC2)ccc1OCC(C)C. The van der Waals surface area contributed by atoms with E-state index < -0.39 is 5.82 Å². The molecule has 166 valence electrons. The van der Waals surface area contributed by atoms with Crippen molar-refractivity contribution in [1.82, 2.24) is 9.80 Å². The maximum Gasteiger partial charge on any atom is 0.256 e. The summed E-state index contributed by atoms with van der Waals surface area (Å²) in [5.74, 6) is 0.479. The summed E-state index contributed by atoms with van der Waals surface area (Å²) in [7, 11) is 1.55. The Kier molecular flexibility index (Phi) is 7.50. The molecule has 1 aliphatic heterocycles. The molecule has 2 aromatic rings. The van der Waals surface area contributed by atoms with Crippen LogP contribution in [0.5, 0.6) is 11.5 Å². The fourth-order valence-corrected chi connectivity index (χ4v) is 3.49. The maximum absolute atomic E-state index is 14.0. The Morgan fingerprint density at radius 1 is 0.968 bits per heavy atom. The van der Waals surface area contributed by atoms with Crippen LogP contribution in [0.4, 0.5) is 4.39 Å². The van der Waals surface area contributed by atoms with Gasteiger partial charge in [-0.05, 0) is 42.7 Å². The molecule has 3 rings (SSSR count). The summed E-state index contributed by atoms with van der Waals surface area (Å²) in [5, 5.41) is 0. The molecule has 0 aromatic heterocycles. The van der Waals surface area contributed by atoms with Crippen molar-refractivity contribution >= 4 is 11.8 Å². The Hall–Kier alpha value is -3.09. The molecule has 1 aliphatic rings. The number of amides is 2. The number of halogens is 1. The van der Waals surface area contributed by atoms with E-state index in [1.54, 1.807) is 47.2 Å². The minimum atomic E-state index is -0.531. The van der Waals surface area contributed by atoms with Gasteiger partial charge in [0.15, 0.2) is 11.5 Å². The molecule has 1 saturated heterocycles. The molecule has 2 aromatic carbocycles. The fraction of sp³-hybridized carbons (Fsp3) is 0.417. The second-order valence-corrected chi connectivity index (χ2v) is 7.99. The van der Waals surface area contributed by atoms with E-state index in [9.17, 15) is 14.0 Å². The zero-order chi connectivity index (χ0) is 22.4. The number of methoxy groups -OCH3 is 1. The van der Waals surface area contributed by atoms with Gasteiger partial charge >= 0.3 is 0 Å². The Balaban J connectivity index is 1.68. The quantitative estimate of drug-likeness (QED) is 0.701. The summed E-state index contributed by atoms with van der Waals surface area (Å²) in [4.78, 5) is 29.1. The van der Waals surface area contributed by atoms with E-state index in [1.807, 2.05) is 0 Å². The van der Waals surface area contributed by atoms with Gasteiger partial charge in [-0.1, -0.05) is 26.0 Å². The van der Waals surface area contributed by atoms with E-state index in [0.717, 1.165) is 0 Å². The zero-order valence-corrected chi connectivity index (χ0v) is 18.3. The number of hydrogen-bond donors (Lipinski definition) is 0. The average molecular weight is 429 g/mol.